The number of aromatic nitrogens is 2. The van der Waals surface area contributed by atoms with Crippen LogP contribution < -0.4 is 15.4 Å². The summed E-state index contributed by atoms with van der Waals surface area (Å²) in [5.74, 6) is 1.53. The van der Waals surface area contributed by atoms with Crippen molar-refractivity contribution in [3.8, 4) is 5.75 Å². The number of ether oxygens (including phenoxy) is 1. The molecular weight excluding hydrogens is 418 g/mol. The number of para-hydroxylation sites is 1. The lowest BCUT2D eigenvalue weighted by Gasteiger charge is -2.35. The number of benzene rings is 2. The number of carbonyl (C=O) groups is 2. The number of aryl methyl sites for hydroxylation is 2. The lowest BCUT2D eigenvalue weighted by Crippen LogP contribution is -2.49. The first kappa shape index (κ1) is 22.3. The summed E-state index contributed by atoms with van der Waals surface area (Å²) >= 11 is 0. The van der Waals surface area contributed by atoms with Crippen molar-refractivity contribution in [2.24, 2.45) is 5.73 Å². The van der Waals surface area contributed by atoms with Gasteiger partial charge in [0.2, 0.25) is 0 Å². The van der Waals surface area contributed by atoms with Gasteiger partial charge in [0.05, 0.1) is 5.56 Å². The molecule has 8 heteroatoms. The topological polar surface area (TPSA) is 102 Å². The van der Waals surface area contributed by atoms with Crippen molar-refractivity contribution in [3.63, 3.8) is 0 Å². The summed E-state index contributed by atoms with van der Waals surface area (Å²) in [6.45, 7) is 6.75. The molecule has 0 atom stereocenters. The van der Waals surface area contributed by atoms with Crippen LogP contribution >= 0.6 is 0 Å². The molecule has 1 saturated heterocycles. The molecule has 3 aromatic rings. The zero-order valence-electron chi connectivity index (χ0n) is 18.8. The number of hydrogen-bond donors (Lipinski definition) is 1. The van der Waals surface area contributed by atoms with Crippen molar-refractivity contribution in [3.05, 3.63) is 82.8 Å². The highest BCUT2D eigenvalue weighted by Crippen LogP contribution is 2.20. The fourth-order valence-electron chi connectivity index (χ4n) is 3.93. The number of nitrogens with two attached hydrogens (primary N) is 1. The third-order valence-electron chi connectivity index (χ3n) is 5.56. The van der Waals surface area contributed by atoms with Crippen molar-refractivity contribution in [2.75, 3.05) is 31.1 Å². The molecule has 170 valence electrons. The maximum Gasteiger partial charge on any atom is 0.253 e. The molecule has 2 aromatic carbocycles. The molecule has 0 radical (unpaired) electrons. The third-order valence-corrected chi connectivity index (χ3v) is 5.56. The van der Waals surface area contributed by atoms with Crippen LogP contribution in [0.3, 0.4) is 0 Å². The Hall–Kier alpha value is -3.94. The standard InChI is InChI=1S/C25H27N5O3/c1-17-14-23(28-18(2)27-17)29-10-12-30(13-11-29)25(32)20-7-5-6-19(15-20)16-33-22-9-4-3-8-21(22)24(26)31/h3-9,14-15H,10-13,16H2,1-2H3,(H2,26,31). The monoisotopic (exact) mass is 445 g/mol. The highest BCUT2D eigenvalue weighted by molar-refractivity contribution is 5.95. The SMILES string of the molecule is Cc1cc(N2CCN(C(=O)c3cccc(COc4ccccc4C(N)=O)c3)CC2)nc(C)n1. The first-order valence-electron chi connectivity index (χ1n) is 10.9. The van der Waals surface area contributed by atoms with E-state index in [1.807, 2.05) is 49.1 Å². The predicted molar refractivity (Wildman–Crippen MR) is 125 cm³/mol. The first-order valence-corrected chi connectivity index (χ1v) is 10.9. The van der Waals surface area contributed by atoms with Crippen LogP contribution in [0.25, 0.3) is 0 Å². The second-order valence-electron chi connectivity index (χ2n) is 8.04. The fraction of sp³-hybridized carbons (Fsp3) is 0.280. The van der Waals surface area contributed by atoms with Crippen LogP contribution in [0.15, 0.2) is 54.6 Å². The smallest absolute Gasteiger partial charge is 0.253 e. The molecule has 2 amide bonds. The minimum atomic E-state index is -0.541. The first-order chi connectivity index (χ1) is 15.9. The van der Waals surface area contributed by atoms with Gasteiger partial charge in [0.1, 0.15) is 24.0 Å². The minimum absolute atomic E-state index is 0.0101. The Kier molecular flexibility index (Phi) is 6.53. The average molecular weight is 446 g/mol. The number of piperazine rings is 1. The van der Waals surface area contributed by atoms with Gasteiger partial charge in [0.15, 0.2) is 0 Å². The predicted octanol–water partition coefficient (Wildman–Crippen LogP) is 2.73. The summed E-state index contributed by atoms with van der Waals surface area (Å²) in [6.07, 6.45) is 0. The van der Waals surface area contributed by atoms with E-state index in [1.165, 1.54) is 0 Å². The lowest BCUT2D eigenvalue weighted by molar-refractivity contribution is 0.0746. The van der Waals surface area contributed by atoms with Crippen LogP contribution in [-0.2, 0) is 6.61 Å². The van der Waals surface area contributed by atoms with Crippen LogP contribution in [0.5, 0.6) is 5.75 Å². The molecule has 1 fully saturated rings. The lowest BCUT2D eigenvalue weighted by atomic mass is 10.1. The van der Waals surface area contributed by atoms with Crippen LogP contribution in [0, 0.1) is 13.8 Å². The Morgan fingerprint density at radius 2 is 1.73 bits per heavy atom. The molecular formula is C25H27N5O3. The summed E-state index contributed by atoms with van der Waals surface area (Å²) in [5.41, 5.74) is 8.13. The molecule has 0 bridgehead atoms. The second-order valence-corrected chi connectivity index (χ2v) is 8.04. The number of primary amides is 1. The quantitative estimate of drug-likeness (QED) is 0.626. The molecule has 33 heavy (non-hydrogen) atoms. The Bertz CT molecular complexity index is 1150. The largest absolute Gasteiger partial charge is 0.488 e. The highest BCUT2D eigenvalue weighted by atomic mass is 16.5. The number of amides is 2. The Balaban J connectivity index is 1.39. The molecule has 4 rings (SSSR count). The van der Waals surface area contributed by atoms with Gasteiger partial charge in [-0.15, -0.1) is 0 Å². The second kappa shape index (κ2) is 9.68. The van der Waals surface area contributed by atoms with Gasteiger partial charge < -0.3 is 20.3 Å². The van der Waals surface area contributed by atoms with Crippen molar-refractivity contribution in [2.45, 2.75) is 20.5 Å². The fourth-order valence-corrected chi connectivity index (χ4v) is 3.93. The average Bonchev–Trinajstić information content (AvgIpc) is 2.82. The van der Waals surface area contributed by atoms with E-state index in [1.54, 1.807) is 24.3 Å². The molecule has 1 aliphatic rings. The zero-order chi connectivity index (χ0) is 23.4. The van der Waals surface area contributed by atoms with E-state index in [9.17, 15) is 9.59 Å². The maximum absolute atomic E-state index is 13.1. The van der Waals surface area contributed by atoms with Crippen molar-refractivity contribution in [1.29, 1.82) is 0 Å². The molecule has 0 aliphatic carbocycles. The number of hydrogen-bond acceptors (Lipinski definition) is 6. The molecule has 0 unspecified atom stereocenters. The van der Waals surface area contributed by atoms with Gasteiger partial charge in [0, 0.05) is 43.5 Å². The summed E-state index contributed by atoms with van der Waals surface area (Å²) in [4.78, 5) is 37.6. The van der Waals surface area contributed by atoms with E-state index in [0.29, 0.717) is 43.1 Å². The number of rotatable bonds is 6. The molecule has 0 spiro atoms. The van der Waals surface area contributed by atoms with Gasteiger partial charge in [-0.2, -0.15) is 0 Å². The number of nitrogens with zero attached hydrogens (tertiary/aromatic N) is 4. The van der Waals surface area contributed by atoms with Gasteiger partial charge in [-0.1, -0.05) is 24.3 Å². The number of anilines is 1. The third kappa shape index (κ3) is 5.28. The maximum atomic E-state index is 13.1. The van der Waals surface area contributed by atoms with Gasteiger partial charge >= 0.3 is 0 Å². The molecule has 1 aliphatic heterocycles. The normalized spacial score (nSPS) is 13.6. The Morgan fingerprint density at radius 1 is 0.970 bits per heavy atom. The molecule has 1 aromatic heterocycles. The van der Waals surface area contributed by atoms with E-state index in [4.69, 9.17) is 10.5 Å². The van der Waals surface area contributed by atoms with Crippen molar-refractivity contribution >= 4 is 17.6 Å². The molecule has 0 saturated carbocycles. The summed E-state index contributed by atoms with van der Waals surface area (Å²) in [7, 11) is 0. The van der Waals surface area contributed by atoms with Gasteiger partial charge in [-0.05, 0) is 43.7 Å². The molecule has 2 N–H and O–H groups in total. The summed E-state index contributed by atoms with van der Waals surface area (Å²) in [6, 6.07) is 16.2. The molecule has 2 heterocycles. The van der Waals surface area contributed by atoms with E-state index < -0.39 is 5.91 Å². The van der Waals surface area contributed by atoms with E-state index in [0.717, 1.165) is 22.9 Å². The van der Waals surface area contributed by atoms with E-state index >= 15 is 0 Å². The van der Waals surface area contributed by atoms with Crippen LogP contribution in [0.2, 0.25) is 0 Å². The summed E-state index contributed by atoms with van der Waals surface area (Å²) in [5, 5.41) is 0. The van der Waals surface area contributed by atoms with Crippen LogP contribution in [0.1, 0.15) is 37.8 Å². The number of carbonyl (C=O) groups excluding carboxylic acids is 2. The zero-order valence-corrected chi connectivity index (χ0v) is 18.8. The van der Waals surface area contributed by atoms with E-state index in [2.05, 4.69) is 14.9 Å². The van der Waals surface area contributed by atoms with Crippen molar-refractivity contribution < 1.29 is 14.3 Å². The summed E-state index contributed by atoms with van der Waals surface area (Å²) < 4.78 is 5.80. The molecule has 8 nitrogen and oxygen atoms in total. The highest BCUT2D eigenvalue weighted by Gasteiger charge is 2.23. The van der Waals surface area contributed by atoms with Crippen molar-refractivity contribution in [1.82, 2.24) is 14.9 Å². The van der Waals surface area contributed by atoms with Crippen LogP contribution in [-0.4, -0.2) is 52.9 Å². The minimum Gasteiger partial charge on any atom is -0.488 e. The van der Waals surface area contributed by atoms with Crippen LogP contribution in [0.4, 0.5) is 5.82 Å². The van der Waals surface area contributed by atoms with E-state index in [-0.39, 0.29) is 12.5 Å². The van der Waals surface area contributed by atoms with Gasteiger partial charge in [-0.25, -0.2) is 9.97 Å². The Labute approximate surface area is 193 Å². The van der Waals surface area contributed by atoms with Gasteiger partial charge in [0.25, 0.3) is 11.8 Å². The van der Waals surface area contributed by atoms with Gasteiger partial charge in [-0.3, -0.25) is 9.59 Å². The Morgan fingerprint density at radius 3 is 2.45 bits per heavy atom.